The summed E-state index contributed by atoms with van der Waals surface area (Å²) in [5.41, 5.74) is 1.75. The van der Waals surface area contributed by atoms with Crippen LogP contribution in [0.5, 0.6) is 5.75 Å². The van der Waals surface area contributed by atoms with E-state index < -0.39 is 5.97 Å². The fraction of sp³-hybridized carbons (Fsp3) is 0.182. The standard InChI is InChI=1S/C22H20N4O4S/c1-4-30-22(28)15-12-23-26(20(15)25-21(27)17-9-6-10-31-17)18-11-13(2)14-7-5-8-16(29-3)19(14)24-18/h5-12H,4H2,1-3H3,(H,25,27). The van der Waals surface area contributed by atoms with Gasteiger partial charge in [0.25, 0.3) is 5.91 Å². The van der Waals surface area contributed by atoms with Gasteiger partial charge in [0.1, 0.15) is 16.8 Å². The second kappa shape index (κ2) is 8.57. The zero-order chi connectivity index (χ0) is 22.0. The summed E-state index contributed by atoms with van der Waals surface area (Å²) in [6.45, 7) is 3.87. The van der Waals surface area contributed by atoms with Crippen molar-refractivity contribution in [1.29, 1.82) is 0 Å². The van der Waals surface area contributed by atoms with E-state index in [-0.39, 0.29) is 23.9 Å². The van der Waals surface area contributed by atoms with Gasteiger partial charge in [0.2, 0.25) is 0 Å². The molecule has 1 N–H and O–H groups in total. The zero-order valence-corrected chi connectivity index (χ0v) is 18.0. The van der Waals surface area contributed by atoms with Gasteiger partial charge in [-0.15, -0.1) is 11.3 Å². The Morgan fingerprint density at radius 2 is 2.06 bits per heavy atom. The maximum atomic E-state index is 12.7. The number of aryl methyl sites for hydroxylation is 1. The Hall–Kier alpha value is -3.72. The summed E-state index contributed by atoms with van der Waals surface area (Å²) in [4.78, 5) is 30.4. The number of benzene rings is 1. The van der Waals surface area contributed by atoms with Crippen molar-refractivity contribution in [2.45, 2.75) is 13.8 Å². The lowest BCUT2D eigenvalue weighted by Gasteiger charge is -2.13. The molecule has 0 atom stereocenters. The molecule has 0 aliphatic carbocycles. The van der Waals surface area contributed by atoms with Gasteiger partial charge in [-0.25, -0.2) is 9.78 Å². The molecule has 1 amide bonds. The molecule has 4 rings (SSSR count). The fourth-order valence-corrected chi connectivity index (χ4v) is 3.84. The van der Waals surface area contributed by atoms with Crippen LogP contribution in [-0.2, 0) is 4.74 Å². The zero-order valence-electron chi connectivity index (χ0n) is 17.2. The number of fused-ring (bicyclic) bond motifs is 1. The van der Waals surface area contributed by atoms with Gasteiger partial charge in [-0.1, -0.05) is 18.2 Å². The van der Waals surface area contributed by atoms with Crippen molar-refractivity contribution in [3.63, 3.8) is 0 Å². The molecule has 158 valence electrons. The monoisotopic (exact) mass is 436 g/mol. The number of pyridine rings is 1. The number of hydrogen-bond acceptors (Lipinski definition) is 7. The highest BCUT2D eigenvalue weighted by Crippen LogP contribution is 2.29. The summed E-state index contributed by atoms with van der Waals surface area (Å²) >= 11 is 1.30. The highest BCUT2D eigenvalue weighted by atomic mass is 32.1. The first-order chi connectivity index (χ1) is 15.0. The average Bonchev–Trinajstić information content (AvgIpc) is 3.44. The average molecular weight is 436 g/mol. The van der Waals surface area contributed by atoms with E-state index >= 15 is 0 Å². The number of ether oxygens (including phenoxy) is 2. The molecule has 31 heavy (non-hydrogen) atoms. The number of nitrogens with one attached hydrogen (secondary N) is 1. The molecule has 0 aliphatic rings. The van der Waals surface area contributed by atoms with E-state index in [1.54, 1.807) is 31.5 Å². The molecule has 0 bridgehead atoms. The minimum absolute atomic E-state index is 0.145. The minimum atomic E-state index is -0.578. The highest BCUT2D eigenvalue weighted by Gasteiger charge is 2.23. The Bertz CT molecular complexity index is 1260. The number of hydrogen-bond donors (Lipinski definition) is 1. The first-order valence-electron chi connectivity index (χ1n) is 9.58. The van der Waals surface area contributed by atoms with Gasteiger partial charge in [0.05, 0.1) is 24.8 Å². The molecular weight excluding hydrogens is 416 g/mol. The second-order valence-corrected chi connectivity index (χ2v) is 7.57. The molecule has 9 heteroatoms. The largest absolute Gasteiger partial charge is 0.494 e. The Morgan fingerprint density at radius 3 is 2.77 bits per heavy atom. The summed E-state index contributed by atoms with van der Waals surface area (Å²) in [5, 5.41) is 9.86. The Labute approximate surface area is 182 Å². The molecule has 1 aromatic carbocycles. The number of nitrogens with zero attached hydrogens (tertiary/aromatic N) is 3. The SMILES string of the molecule is CCOC(=O)c1cnn(-c2cc(C)c3cccc(OC)c3n2)c1NC(=O)c1cccs1. The Balaban J connectivity index is 1.86. The molecule has 4 aromatic rings. The summed E-state index contributed by atoms with van der Waals surface area (Å²) in [7, 11) is 1.58. The summed E-state index contributed by atoms with van der Waals surface area (Å²) < 4.78 is 12.0. The molecular formula is C22H20N4O4S. The second-order valence-electron chi connectivity index (χ2n) is 6.62. The molecule has 0 radical (unpaired) electrons. The van der Waals surface area contributed by atoms with Gasteiger partial charge in [0, 0.05) is 5.39 Å². The van der Waals surface area contributed by atoms with Gasteiger partial charge in [-0.2, -0.15) is 9.78 Å². The van der Waals surface area contributed by atoms with Crippen molar-refractivity contribution in [2.24, 2.45) is 0 Å². The number of thiophene rings is 1. The number of para-hydroxylation sites is 1. The first kappa shape index (κ1) is 20.5. The molecule has 3 heterocycles. The van der Waals surface area contributed by atoms with Crippen LogP contribution >= 0.6 is 11.3 Å². The van der Waals surface area contributed by atoms with Crippen LogP contribution in [0.25, 0.3) is 16.7 Å². The van der Waals surface area contributed by atoms with Gasteiger partial charge in [0.15, 0.2) is 11.6 Å². The number of esters is 1. The van der Waals surface area contributed by atoms with E-state index in [1.807, 2.05) is 31.2 Å². The van der Waals surface area contributed by atoms with Crippen LogP contribution in [0.3, 0.4) is 0 Å². The number of rotatable bonds is 6. The predicted octanol–water partition coefficient (Wildman–Crippen LogP) is 4.23. The number of anilines is 1. The molecule has 0 spiro atoms. The van der Waals surface area contributed by atoms with Gasteiger partial charge >= 0.3 is 5.97 Å². The maximum absolute atomic E-state index is 12.7. The van der Waals surface area contributed by atoms with Crippen LogP contribution in [0.4, 0.5) is 5.82 Å². The van der Waals surface area contributed by atoms with Crippen molar-refractivity contribution < 1.29 is 19.1 Å². The number of carbonyl (C=O) groups excluding carboxylic acids is 2. The summed E-state index contributed by atoms with van der Waals surface area (Å²) in [6, 6.07) is 11.0. The highest BCUT2D eigenvalue weighted by molar-refractivity contribution is 7.12. The van der Waals surface area contributed by atoms with Crippen LogP contribution in [0.2, 0.25) is 0 Å². The van der Waals surface area contributed by atoms with E-state index in [1.165, 1.54) is 22.2 Å². The molecule has 8 nitrogen and oxygen atoms in total. The number of methoxy groups -OCH3 is 1. The van der Waals surface area contributed by atoms with E-state index in [9.17, 15) is 9.59 Å². The third kappa shape index (κ3) is 3.87. The van der Waals surface area contributed by atoms with Crippen molar-refractivity contribution in [1.82, 2.24) is 14.8 Å². The van der Waals surface area contributed by atoms with Gasteiger partial charge in [-0.3, -0.25) is 4.79 Å². The van der Waals surface area contributed by atoms with Crippen LogP contribution in [0, 0.1) is 6.92 Å². The number of aromatic nitrogens is 3. The quantitative estimate of drug-likeness (QED) is 0.455. The van der Waals surface area contributed by atoms with E-state index in [0.717, 1.165) is 10.9 Å². The number of amides is 1. The molecule has 0 aliphatic heterocycles. The lowest BCUT2D eigenvalue weighted by Crippen LogP contribution is -2.17. The lowest BCUT2D eigenvalue weighted by molar-refractivity contribution is 0.0527. The van der Waals surface area contributed by atoms with E-state index in [2.05, 4.69) is 10.4 Å². The maximum Gasteiger partial charge on any atom is 0.343 e. The summed E-state index contributed by atoms with van der Waals surface area (Å²) in [6.07, 6.45) is 1.37. The van der Waals surface area contributed by atoms with Gasteiger partial charge < -0.3 is 14.8 Å². The molecule has 3 aromatic heterocycles. The van der Waals surface area contributed by atoms with Crippen LogP contribution < -0.4 is 10.1 Å². The van der Waals surface area contributed by atoms with E-state index in [0.29, 0.717) is 22.0 Å². The van der Waals surface area contributed by atoms with Crippen molar-refractivity contribution >= 4 is 39.9 Å². The van der Waals surface area contributed by atoms with Crippen molar-refractivity contribution in [2.75, 3.05) is 19.0 Å². The fourth-order valence-electron chi connectivity index (χ4n) is 3.22. The molecule has 0 saturated heterocycles. The molecule has 0 saturated carbocycles. The van der Waals surface area contributed by atoms with Crippen LogP contribution in [0.15, 0.2) is 48.0 Å². The van der Waals surface area contributed by atoms with Gasteiger partial charge in [-0.05, 0) is 43.0 Å². The third-order valence-electron chi connectivity index (χ3n) is 4.67. The van der Waals surface area contributed by atoms with Crippen LogP contribution in [-0.4, -0.2) is 40.4 Å². The predicted molar refractivity (Wildman–Crippen MR) is 118 cm³/mol. The first-order valence-corrected chi connectivity index (χ1v) is 10.5. The minimum Gasteiger partial charge on any atom is -0.494 e. The lowest BCUT2D eigenvalue weighted by atomic mass is 10.1. The Kier molecular flexibility index (Phi) is 5.68. The van der Waals surface area contributed by atoms with E-state index in [4.69, 9.17) is 14.5 Å². The molecule has 0 fully saturated rings. The summed E-state index contributed by atoms with van der Waals surface area (Å²) in [5.74, 6) is 0.316. The topological polar surface area (TPSA) is 95.3 Å². The third-order valence-corrected chi connectivity index (χ3v) is 5.54. The normalized spacial score (nSPS) is 10.8. The van der Waals surface area contributed by atoms with Crippen molar-refractivity contribution in [3.8, 4) is 11.6 Å². The Morgan fingerprint density at radius 1 is 1.23 bits per heavy atom. The number of carbonyl (C=O) groups is 2. The van der Waals surface area contributed by atoms with Crippen molar-refractivity contribution in [3.05, 3.63) is 64.0 Å². The smallest absolute Gasteiger partial charge is 0.343 e. The molecule has 0 unspecified atom stereocenters. The van der Waals surface area contributed by atoms with Crippen LogP contribution in [0.1, 0.15) is 32.5 Å².